The number of nitrogens with zero attached hydrogens (tertiary/aromatic N) is 2. The molecular formula is C10H13ClN2S. The lowest BCUT2D eigenvalue weighted by atomic mass is 10.3. The minimum absolute atomic E-state index is 0.735. The number of hydrogen-bond acceptors (Lipinski definition) is 3. The Balaban J connectivity index is 2.82. The highest BCUT2D eigenvalue weighted by molar-refractivity contribution is 7.99. The molecule has 0 amide bonds. The highest BCUT2D eigenvalue weighted by Gasteiger charge is 2.02. The van der Waals surface area contributed by atoms with Gasteiger partial charge in [0.05, 0.1) is 5.69 Å². The van der Waals surface area contributed by atoms with Crippen LogP contribution in [0, 0.1) is 0 Å². The number of halogens is 1. The molecule has 0 fully saturated rings. The standard InChI is InChI=1S/C10H13ClN2S/c1-12-9-5-4-8(11)6-10(9)14-7-13(2)3/h4-6H,1,7H2,2-3H3. The van der Waals surface area contributed by atoms with Gasteiger partial charge in [-0.3, -0.25) is 9.89 Å². The van der Waals surface area contributed by atoms with Gasteiger partial charge in [-0.1, -0.05) is 11.6 Å². The van der Waals surface area contributed by atoms with E-state index in [0.29, 0.717) is 0 Å². The van der Waals surface area contributed by atoms with Crippen molar-refractivity contribution in [3.8, 4) is 0 Å². The topological polar surface area (TPSA) is 15.6 Å². The second kappa shape index (κ2) is 5.39. The van der Waals surface area contributed by atoms with Gasteiger partial charge in [-0.15, -0.1) is 11.8 Å². The van der Waals surface area contributed by atoms with Crippen molar-refractivity contribution in [3.63, 3.8) is 0 Å². The average Bonchev–Trinajstić information content (AvgIpc) is 2.15. The molecule has 0 bridgehead atoms. The minimum Gasteiger partial charge on any atom is -0.300 e. The summed E-state index contributed by atoms with van der Waals surface area (Å²) in [7, 11) is 4.05. The Bertz CT molecular complexity index is 326. The first-order chi connectivity index (χ1) is 6.63. The molecule has 4 heteroatoms. The lowest BCUT2D eigenvalue weighted by molar-refractivity contribution is 0.485. The van der Waals surface area contributed by atoms with E-state index in [4.69, 9.17) is 11.6 Å². The van der Waals surface area contributed by atoms with Crippen molar-refractivity contribution < 1.29 is 0 Å². The summed E-state index contributed by atoms with van der Waals surface area (Å²) < 4.78 is 0. The second-order valence-electron chi connectivity index (χ2n) is 3.12. The van der Waals surface area contributed by atoms with Crippen molar-refractivity contribution in [3.05, 3.63) is 23.2 Å². The molecule has 2 nitrogen and oxygen atoms in total. The van der Waals surface area contributed by atoms with Crippen LogP contribution in [0.15, 0.2) is 28.1 Å². The van der Waals surface area contributed by atoms with Crippen LogP contribution >= 0.6 is 23.4 Å². The van der Waals surface area contributed by atoms with Crippen LogP contribution in [-0.4, -0.2) is 31.6 Å². The number of rotatable bonds is 4. The second-order valence-corrected chi connectivity index (χ2v) is 4.55. The molecule has 0 spiro atoms. The van der Waals surface area contributed by atoms with E-state index in [9.17, 15) is 0 Å². The van der Waals surface area contributed by atoms with Crippen molar-refractivity contribution in [2.45, 2.75) is 4.90 Å². The molecule has 0 unspecified atom stereocenters. The van der Waals surface area contributed by atoms with Crippen molar-refractivity contribution in [2.75, 3.05) is 20.0 Å². The fourth-order valence-electron chi connectivity index (χ4n) is 0.933. The van der Waals surface area contributed by atoms with Crippen LogP contribution in [0.25, 0.3) is 0 Å². The number of aliphatic imine (C=N–C) groups is 1. The average molecular weight is 229 g/mol. The van der Waals surface area contributed by atoms with E-state index < -0.39 is 0 Å². The molecule has 14 heavy (non-hydrogen) atoms. The van der Waals surface area contributed by atoms with E-state index in [0.717, 1.165) is 21.5 Å². The summed E-state index contributed by atoms with van der Waals surface area (Å²) in [4.78, 5) is 7.11. The zero-order chi connectivity index (χ0) is 10.6. The van der Waals surface area contributed by atoms with E-state index in [1.165, 1.54) is 0 Å². The normalized spacial score (nSPS) is 10.6. The Labute approximate surface area is 94.0 Å². The van der Waals surface area contributed by atoms with Gasteiger partial charge in [0.25, 0.3) is 0 Å². The van der Waals surface area contributed by atoms with Crippen LogP contribution in [0.2, 0.25) is 5.02 Å². The summed E-state index contributed by atoms with van der Waals surface area (Å²) in [5.41, 5.74) is 0.890. The molecule has 0 saturated carbocycles. The van der Waals surface area contributed by atoms with E-state index in [2.05, 4.69) is 16.6 Å². The van der Waals surface area contributed by atoms with Crippen LogP contribution in [0.1, 0.15) is 0 Å². The SMILES string of the molecule is C=Nc1ccc(Cl)cc1SCN(C)C. The summed E-state index contributed by atoms with van der Waals surface area (Å²) in [6, 6.07) is 5.62. The van der Waals surface area contributed by atoms with Crippen molar-refractivity contribution in [1.29, 1.82) is 0 Å². The maximum absolute atomic E-state index is 5.90. The van der Waals surface area contributed by atoms with E-state index in [1.54, 1.807) is 11.8 Å². The van der Waals surface area contributed by atoms with E-state index in [-0.39, 0.29) is 0 Å². The molecule has 0 aliphatic rings. The van der Waals surface area contributed by atoms with Crippen LogP contribution in [0.3, 0.4) is 0 Å². The molecule has 0 radical (unpaired) electrons. The third-order valence-corrected chi connectivity index (χ3v) is 3.09. The van der Waals surface area contributed by atoms with Crippen LogP contribution in [0.5, 0.6) is 0 Å². The third-order valence-electron chi connectivity index (χ3n) is 1.57. The van der Waals surface area contributed by atoms with Crippen LogP contribution in [0.4, 0.5) is 5.69 Å². The van der Waals surface area contributed by atoms with E-state index >= 15 is 0 Å². The van der Waals surface area contributed by atoms with Gasteiger partial charge in [0.15, 0.2) is 0 Å². The molecule has 0 saturated heterocycles. The molecule has 1 rings (SSSR count). The summed E-state index contributed by atoms with van der Waals surface area (Å²) in [6.07, 6.45) is 0. The van der Waals surface area contributed by atoms with Crippen molar-refractivity contribution in [1.82, 2.24) is 4.90 Å². The summed E-state index contributed by atoms with van der Waals surface area (Å²) in [6.45, 7) is 3.53. The van der Waals surface area contributed by atoms with Gasteiger partial charge < -0.3 is 0 Å². The zero-order valence-electron chi connectivity index (χ0n) is 8.33. The summed E-state index contributed by atoms with van der Waals surface area (Å²) in [5, 5.41) is 0.735. The summed E-state index contributed by atoms with van der Waals surface area (Å²) in [5.74, 6) is 0.906. The first-order valence-electron chi connectivity index (χ1n) is 4.17. The fraction of sp³-hybridized carbons (Fsp3) is 0.300. The lowest BCUT2D eigenvalue weighted by Gasteiger charge is -2.10. The van der Waals surface area contributed by atoms with Gasteiger partial charge in [0.1, 0.15) is 0 Å². The van der Waals surface area contributed by atoms with Gasteiger partial charge in [0, 0.05) is 15.8 Å². The Morgan fingerprint density at radius 2 is 2.21 bits per heavy atom. The fourth-order valence-corrected chi connectivity index (χ4v) is 2.06. The molecule has 0 aliphatic heterocycles. The molecule has 1 aromatic carbocycles. The van der Waals surface area contributed by atoms with Crippen LogP contribution in [-0.2, 0) is 0 Å². The van der Waals surface area contributed by atoms with Crippen LogP contribution < -0.4 is 0 Å². The highest BCUT2D eigenvalue weighted by atomic mass is 35.5. The molecular weight excluding hydrogens is 216 g/mol. The molecule has 0 aromatic heterocycles. The first-order valence-corrected chi connectivity index (χ1v) is 5.53. The third kappa shape index (κ3) is 3.33. The monoisotopic (exact) mass is 228 g/mol. The Morgan fingerprint density at radius 1 is 1.50 bits per heavy atom. The van der Waals surface area contributed by atoms with Gasteiger partial charge in [-0.25, -0.2) is 0 Å². The maximum Gasteiger partial charge on any atom is 0.0759 e. The zero-order valence-corrected chi connectivity index (χ0v) is 9.90. The highest BCUT2D eigenvalue weighted by Crippen LogP contribution is 2.31. The number of hydrogen-bond donors (Lipinski definition) is 0. The van der Waals surface area contributed by atoms with Crippen molar-refractivity contribution in [2.24, 2.45) is 4.99 Å². The molecule has 76 valence electrons. The van der Waals surface area contributed by atoms with Gasteiger partial charge >= 0.3 is 0 Å². The minimum atomic E-state index is 0.735. The Morgan fingerprint density at radius 3 is 2.79 bits per heavy atom. The Hall–Kier alpha value is -0.510. The van der Waals surface area contributed by atoms with Crippen molar-refractivity contribution >= 4 is 35.8 Å². The largest absolute Gasteiger partial charge is 0.300 e. The predicted molar refractivity (Wildman–Crippen MR) is 65.1 cm³/mol. The quantitative estimate of drug-likeness (QED) is 0.447. The predicted octanol–water partition coefficient (Wildman–Crippen LogP) is 3.28. The molecule has 0 N–H and O–H groups in total. The summed E-state index contributed by atoms with van der Waals surface area (Å²) >= 11 is 7.60. The van der Waals surface area contributed by atoms with Gasteiger partial charge in [0.2, 0.25) is 0 Å². The number of benzene rings is 1. The van der Waals surface area contributed by atoms with E-state index in [1.807, 2.05) is 32.3 Å². The molecule has 0 aliphatic carbocycles. The lowest BCUT2D eigenvalue weighted by Crippen LogP contribution is -2.09. The smallest absolute Gasteiger partial charge is 0.0759 e. The van der Waals surface area contributed by atoms with Gasteiger partial charge in [-0.05, 0) is 39.0 Å². The maximum atomic E-state index is 5.90. The van der Waals surface area contributed by atoms with Gasteiger partial charge in [-0.2, -0.15) is 0 Å². The number of thioether (sulfide) groups is 1. The Kier molecular flexibility index (Phi) is 4.45. The molecule has 1 aromatic rings. The molecule has 0 heterocycles. The molecule has 0 atom stereocenters. The first kappa shape index (κ1) is 11.6.